The van der Waals surface area contributed by atoms with Crippen LogP contribution in [0.5, 0.6) is 0 Å². The summed E-state index contributed by atoms with van der Waals surface area (Å²) in [5, 5.41) is 13.8. The smallest absolute Gasteiger partial charge is 0.256 e. The molecule has 9 nitrogen and oxygen atoms in total. The summed E-state index contributed by atoms with van der Waals surface area (Å²) in [6.45, 7) is 4.46. The highest BCUT2D eigenvalue weighted by Crippen LogP contribution is 2.29. The lowest BCUT2D eigenvalue weighted by Crippen LogP contribution is -2.50. The second-order valence-corrected chi connectivity index (χ2v) is 10.3. The van der Waals surface area contributed by atoms with Gasteiger partial charge in [-0.3, -0.25) is 14.6 Å². The number of aromatic nitrogens is 4. The third kappa shape index (κ3) is 6.17. The van der Waals surface area contributed by atoms with E-state index in [2.05, 4.69) is 90.7 Å². The van der Waals surface area contributed by atoms with E-state index in [9.17, 15) is 9.90 Å². The molecule has 3 aromatic carbocycles. The van der Waals surface area contributed by atoms with E-state index >= 15 is 0 Å². The van der Waals surface area contributed by atoms with Crippen LogP contribution in [0.3, 0.4) is 0 Å². The fourth-order valence-corrected chi connectivity index (χ4v) is 5.55. The van der Waals surface area contributed by atoms with Crippen molar-refractivity contribution in [2.75, 3.05) is 38.0 Å². The van der Waals surface area contributed by atoms with Gasteiger partial charge in [0.25, 0.3) is 5.91 Å². The Balaban J connectivity index is 1.08. The number of anilines is 1. The molecule has 0 radical (unpaired) electrons. The van der Waals surface area contributed by atoms with Crippen LogP contribution in [0.4, 0.5) is 5.82 Å². The number of nitrogens with zero attached hydrogens (tertiary/aromatic N) is 6. The lowest BCUT2D eigenvalue weighted by molar-refractivity contribution is 0.0560. The SMILES string of the molecule is O=C(Nc1ncnc2c1ncn2CC(O)CN1CCN(C(c2ccccc2)c2ccccc2)CC1)c1ccccc1. The Labute approximate surface area is 239 Å². The van der Waals surface area contributed by atoms with Crippen molar-refractivity contribution in [1.82, 2.24) is 29.3 Å². The zero-order valence-electron chi connectivity index (χ0n) is 22.8. The lowest BCUT2D eigenvalue weighted by Gasteiger charge is -2.40. The van der Waals surface area contributed by atoms with Gasteiger partial charge in [-0.05, 0) is 23.3 Å². The van der Waals surface area contributed by atoms with Crippen molar-refractivity contribution in [2.24, 2.45) is 0 Å². The largest absolute Gasteiger partial charge is 0.390 e. The second kappa shape index (κ2) is 12.4. The zero-order chi connectivity index (χ0) is 28.0. The van der Waals surface area contributed by atoms with Gasteiger partial charge in [0.05, 0.1) is 25.0 Å². The van der Waals surface area contributed by atoms with Gasteiger partial charge in [-0.2, -0.15) is 0 Å². The molecule has 1 amide bonds. The van der Waals surface area contributed by atoms with Crippen LogP contribution in [0.2, 0.25) is 0 Å². The van der Waals surface area contributed by atoms with E-state index in [0.717, 1.165) is 26.2 Å². The molecule has 1 aliphatic rings. The Kier molecular flexibility index (Phi) is 8.09. The molecule has 1 saturated heterocycles. The van der Waals surface area contributed by atoms with Crippen molar-refractivity contribution < 1.29 is 9.90 Å². The number of amides is 1. The molecular weight excluding hydrogens is 514 g/mol. The average molecular weight is 548 g/mol. The molecule has 0 bridgehead atoms. The molecule has 2 aromatic heterocycles. The Hall–Kier alpha value is -4.44. The first-order valence-electron chi connectivity index (χ1n) is 13.9. The first-order valence-corrected chi connectivity index (χ1v) is 13.9. The maximum atomic E-state index is 12.6. The van der Waals surface area contributed by atoms with Gasteiger partial charge in [0, 0.05) is 38.3 Å². The number of hydrogen-bond acceptors (Lipinski definition) is 7. The van der Waals surface area contributed by atoms with Gasteiger partial charge in [0.2, 0.25) is 0 Å². The van der Waals surface area contributed by atoms with Crippen LogP contribution in [0.1, 0.15) is 27.5 Å². The molecule has 1 unspecified atom stereocenters. The van der Waals surface area contributed by atoms with Crippen molar-refractivity contribution in [3.8, 4) is 0 Å². The van der Waals surface area contributed by atoms with Crippen molar-refractivity contribution in [1.29, 1.82) is 0 Å². The number of β-amino-alcohol motifs (C(OH)–C–C–N with tert-alkyl or cyclic N) is 1. The summed E-state index contributed by atoms with van der Waals surface area (Å²) in [4.78, 5) is 30.5. The molecule has 0 aliphatic carbocycles. The Morgan fingerprint density at radius 2 is 1.39 bits per heavy atom. The minimum atomic E-state index is -0.602. The van der Waals surface area contributed by atoms with E-state index in [0.29, 0.717) is 35.6 Å². The predicted octanol–water partition coefficient (Wildman–Crippen LogP) is 3.85. The highest BCUT2D eigenvalue weighted by atomic mass is 16.3. The number of fused-ring (bicyclic) bond motifs is 1. The molecule has 3 heterocycles. The topological polar surface area (TPSA) is 99.4 Å². The fraction of sp³-hybridized carbons (Fsp3) is 0.250. The fourth-order valence-electron chi connectivity index (χ4n) is 5.55. The molecule has 0 spiro atoms. The summed E-state index contributed by atoms with van der Waals surface area (Å²) in [5.41, 5.74) is 4.18. The second-order valence-electron chi connectivity index (χ2n) is 10.3. The normalized spacial score (nSPS) is 15.3. The van der Waals surface area contributed by atoms with Gasteiger partial charge in [-0.25, -0.2) is 15.0 Å². The number of piperazine rings is 1. The first kappa shape index (κ1) is 26.8. The third-order valence-corrected chi connectivity index (χ3v) is 7.55. The summed E-state index contributed by atoms with van der Waals surface area (Å²) < 4.78 is 1.82. The number of aliphatic hydroxyl groups is 1. The zero-order valence-corrected chi connectivity index (χ0v) is 22.8. The van der Waals surface area contributed by atoms with Crippen LogP contribution >= 0.6 is 0 Å². The summed E-state index contributed by atoms with van der Waals surface area (Å²) in [7, 11) is 0. The van der Waals surface area contributed by atoms with Crippen molar-refractivity contribution in [3.63, 3.8) is 0 Å². The van der Waals surface area contributed by atoms with E-state index in [4.69, 9.17) is 0 Å². The van der Waals surface area contributed by atoms with Crippen molar-refractivity contribution in [3.05, 3.63) is 120 Å². The van der Waals surface area contributed by atoms with Crippen LogP contribution in [-0.2, 0) is 6.54 Å². The number of rotatable bonds is 9. The van der Waals surface area contributed by atoms with Crippen molar-refractivity contribution >= 4 is 22.9 Å². The number of hydrogen-bond donors (Lipinski definition) is 2. The van der Waals surface area contributed by atoms with E-state index < -0.39 is 6.10 Å². The lowest BCUT2D eigenvalue weighted by atomic mass is 9.96. The first-order chi connectivity index (χ1) is 20.2. The number of nitrogens with one attached hydrogen (secondary N) is 1. The van der Waals surface area contributed by atoms with Crippen LogP contribution in [0.25, 0.3) is 11.2 Å². The third-order valence-electron chi connectivity index (χ3n) is 7.55. The molecular formula is C32H33N7O2. The van der Waals surface area contributed by atoms with Gasteiger partial charge < -0.3 is 15.0 Å². The minimum absolute atomic E-state index is 0.207. The Bertz CT molecular complexity index is 1530. The van der Waals surface area contributed by atoms with Crippen LogP contribution < -0.4 is 5.32 Å². The Morgan fingerprint density at radius 3 is 2.02 bits per heavy atom. The molecule has 1 atom stereocenters. The van der Waals surface area contributed by atoms with E-state index in [1.54, 1.807) is 18.5 Å². The maximum Gasteiger partial charge on any atom is 0.256 e. The van der Waals surface area contributed by atoms with Crippen LogP contribution in [-0.4, -0.2) is 79.2 Å². The molecule has 1 fully saturated rings. The summed E-state index contributed by atoms with van der Waals surface area (Å²) in [5.74, 6) is 0.0840. The number of aliphatic hydroxyl groups excluding tert-OH is 1. The highest BCUT2D eigenvalue weighted by Gasteiger charge is 2.27. The molecule has 9 heteroatoms. The van der Waals surface area contributed by atoms with E-state index in [1.807, 2.05) is 22.8 Å². The van der Waals surface area contributed by atoms with Crippen molar-refractivity contribution in [2.45, 2.75) is 18.7 Å². The Morgan fingerprint density at radius 1 is 0.780 bits per heavy atom. The van der Waals surface area contributed by atoms with E-state index in [-0.39, 0.29) is 11.9 Å². The number of benzene rings is 3. The number of imidazole rings is 1. The molecule has 0 saturated carbocycles. The summed E-state index contributed by atoms with van der Waals surface area (Å²) in [6, 6.07) is 30.5. The molecule has 1 aliphatic heterocycles. The predicted molar refractivity (Wildman–Crippen MR) is 158 cm³/mol. The monoisotopic (exact) mass is 547 g/mol. The standard InChI is InChI=1S/C32H33N7O2/c40-27(21-39-23-35-28-30(33-22-34-31(28)39)36-32(41)26-14-8-3-9-15-26)20-37-16-18-38(19-17-37)29(24-10-4-1-5-11-24)25-12-6-2-7-13-25/h1-15,22-23,27,29,40H,16-21H2,(H,33,34,36,41). The summed E-state index contributed by atoms with van der Waals surface area (Å²) >= 11 is 0. The van der Waals surface area contributed by atoms with Crippen LogP contribution in [0.15, 0.2) is 104 Å². The van der Waals surface area contributed by atoms with Gasteiger partial charge >= 0.3 is 0 Å². The number of carbonyl (C=O) groups is 1. The molecule has 208 valence electrons. The summed E-state index contributed by atoms with van der Waals surface area (Å²) in [6.07, 6.45) is 2.45. The maximum absolute atomic E-state index is 12.6. The van der Waals surface area contributed by atoms with Gasteiger partial charge in [0.15, 0.2) is 17.0 Å². The minimum Gasteiger partial charge on any atom is -0.390 e. The molecule has 2 N–H and O–H groups in total. The van der Waals surface area contributed by atoms with E-state index in [1.165, 1.54) is 17.5 Å². The molecule has 6 rings (SSSR count). The molecule has 41 heavy (non-hydrogen) atoms. The van der Waals surface area contributed by atoms with Gasteiger partial charge in [-0.15, -0.1) is 0 Å². The van der Waals surface area contributed by atoms with Gasteiger partial charge in [-0.1, -0.05) is 78.9 Å². The van der Waals surface area contributed by atoms with Gasteiger partial charge in [0.1, 0.15) is 6.33 Å². The molecule has 5 aromatic rings. The highest BCUT2D eigenvalue weighted by molar-refractivity contribution is 6.06. The quantitative estimate of drug-likeness (QED) is 0.289. The average Bonchev–Trinajstić information content (AvgIpc) is 3.43. The van der Waals surface area contributed by atoms with Crippen LogP contribution in [0, 0.1) is 0 Å². The number of carbonyl (C=O) groups excluding carboxylic acids is 1.